The molecular formula is C11H9ClF4O3. The van der Waals surface area contributed by atoms with Gasteiger partial charge in [-0.1, -0.05) is 17.7 Å². The van der Waals surface area contributed by atoms with Gasteiger partial charge in [0.25, 0.3) is 0 Å². The Kier molecular flexibility index (Phi) is 4.99. The molecule has 1 N–H and O–H groups in total. The maximum Gasteiger partial charge on any atom is 0.340 e. The minimum Gasteiger partial charge on any atom is -0.486 e. The first kappa shape index (κ1) is 15.6. The van der Waals surface area contributed by atoms with Gasteiger partial charge in [-0.15, -0.1) is 0 Å². The molecule has 8 heteroatoms. The van der Waals surface area contributed by atoms with Crippen molar-refractivity contribution >= 4 is 17.6 Å². The molecule has 0 spiro atoms. The summed E-state index contributed by atoms with van der Waals surface area (Å²) in [5.74, 6) is -5.58. The molecule has 0 aliphatic heterocycles. The molecule has 0 saturated carbocycles. The lowest BCUT2D eigenvalue weighted by Gasteiger charge is -2.16. The molecule has 0 amide bonds. The average molecular weight is 301 g/mol. The molecule has 106 valence electrons. The van der Waals surface area contributed by atoms with E-state index >= 15 is 0 Å². The molecule has 0 fully saturated rings. The molecule has 1 rings (SSSR count). The lowest BCUT2D eigenvalue weighted by Crippen LogP contribution is -2.33. The number of hydrogen-bond donors (Lipinski definition) is 1. The van der Waals surface area contributed by atoms with Crippen LogP contribution in [-0.2, 0) is 11.2 Å². The Morgan fingerprint density at radius 2 is 2.05 bits per heavy atom. The number of carboxylic acid groups (broad SMARTS) is 1. The fourth-order valence-corrected chi connectivity index (χ4v) is 1.44. The summed E-state index contributed by atoms with van der Waals surface area (Å²) >= 11 is 5.67. The van der Waals surface area contributed by atoms with Crippen molar-refractivity contribution in [3.05, 3.63) is 28.8 Å². The molecule has 1 aromatic carbocycles. The zero-order valence-electron chi connectivity index (χ0n) is 9.38. The molecule has 0 aliphatic rings. The number of aliphatic carboxylic acids is 1. The van der Waals surface area contributed by atoms with Crippen LogP contribution in [0.3, 0.4) is 0 Å². The number of carboxylic acids is 1. The first-order chi connectivity index (χ1) is 8.72. The normalized spacial score (nSPS) is 11.7. The fourth-order valence-electron chi connectivity index (χ4n) is 1.18. The number of benzene rings is 1. The van der Waals surface area contributed by atoms with Crippen molar-refractivity contribution in [2.75, 3.05) is 6.61 Å². The Morgan fingerprint density at radius 1 is 1.42 bits per heavy atom. The van der Waals surface area contributed by atoms with E-state index in [4.69, 9.17) is 16.7 Å². The number of rotatable bonds is 6. The number of carbonyl (C=O) groups is 1. The SMILES string of the molecule is O=C(O)Cc1ccc(OCC(F)(F)C(F)F)c(Cl)c1. The number of alkyl halides is 4. The number of hydrogen-bond acceptors (Lipinski definition) is 2. The van der Waals surface area contributed by atoms with Crippen LogP contribution in [0.2, 0.25) is 5.02 Å². The maximum atomic E-state index is 12.6. The molecule has 3 nitrogen and oxygen atoms in total. The van der Waals surface area contributed by atoms with Crippen molar-refractivity contribution in [3.63, 3.8) is 0 Å². The van der Waals surface area contributed by atoms with E-state index in [0.717, 1.165) is 6.07 Å². The summed E-state index contributed by atoms with van der Waals surface area (Å²) in [6.45, 7) is -1.51. The van der Waals surface area contributed by atoms with Crippen LogP contribution in [0, 0.1) is 0 Å². The summed E-state index contributed by atoms with van der Waals surface area (Å²) in [7, 11) is 0. The monoisotopic (exact) mass is 300 g/mol. The highest BCUT2D eigenvalue weighted by Crippen LogP contribution is 2.29. The number of ether oxygens (including phenoxy) is 1. The minimum absolute atomic E-state index is 0.121. The van der Waals surface area contributed by atoms with E-state index in [1.807, 2.05) is 0 Å². The molecule has 0 heterocycles. The van der Waals surface area contributed by atoms with Crippen LogP contribution < -0.4 is 4.74 Å². The molecule has 0 saturated heterocycles. The van der Waals surface area contributed by atoms with E-state index in [1.54, 1.807) is 0 Å². The van der Waals surface area contributed by atoms with E-state index in [1.165, 1.54) is 12.1 Å². The minimum atomic E-state index is -4.27. The van der Waals surface area contributed by atoms with Crippen molar-refractivity contribution in [3.8, 4) is 5.75 Å². The predicted molar refractivity (Wildman–Crippen MR) is 59.2 cm³/mol. The van der Waals surface area contributed by atoms with Crippen LogP contribution in [0.1, 0.15) is 5.56 Å². The van der Waals surface area contributed by atoms with Crippen molar-refractivity contribution < 1.29 is 32.2 Å². The van der Waals surface area contributed by atoms with E-state index in [0.29, 0.717) is 5.56 Å². The van der Waals surface area contributed by atoms with Crippen LogP contribution in [-0.4, -0.2) is 30.0 Å². The van der Waals surface area contributed by atoms with Crippen molar-refractivity contribution in [2.24, 2.45) is 0 Å². The summed E-state index contributed by atoms with van der Waals surface area (Å²) in [6.07, 6.45) is -4.13. The van der Waals surface area contributed by atoms with Crippen molar-refractivity contribution in [1.29, 1.82) is 0 Å². The molecule has 0 unspecified atom stereocenters. The van der Waals surface area contributed by atoms with Gasteiger partial charge in [0.2, 0.25) is 0 Å². The largest absolute Gasteiger partial charge is 0.486 e. The van der Waals surface area contributed by atoms with Gasteiger partial charge in [-0.25, -0.2) is 8.78 Å². The quantitative estimate of drug-likeness (QED) is 0.820. The third kappa shape index (κ3) is 4.59. The predicted octanol–water partition coefficient (Wildman–Crippen LogP) is 3.25. The van der Waals surface area contributed by atoms with Gasteiger partial charge in [0.05, 0.1) is 11.4 Å². The van der Waals surface area contributed by atoms with Crippen LogP contribution in [0.25, 0.3) is 0 Å². The van der Waals surface area contributed by atoms with Crippen molar-refractivity contribution in [2.45, 2.75) is 18.8 Å². The lowest BCUT2D eigenvalue weighted by atomic mass is 10.1. The highest BCUT2D eigenvalue weighted by molar-refractivity contribution is 6.32. The highest BCUT2D eigenvalue weighted by atomic mass is 35.5. The summed E-state index contributed by atoms with van der Waals surface area (Å²) in [4.78, 5) is 10.4. The van der Waals surface area contributed by atoms with Crippen LogP contribution in [0.4, 0.5) is 17.6 Å². The highest BCUT2D eigenvalue weighted by Gasteiger charge is 2.41. The van der Waals surface area contributed by atoms with Crippen LogP contribution in [0.5, 0.6) is 5.75 Å². The molecular weight excluding hydrogens is 292 g/mol. The van der Waals surface area contributed by atoms with E-state index in [2.05, 4.69) is 4.74 Å². The Labute approximate surface area is 110 Å². The van der Waals surface area contributed by atoms with Gasteiger partial charge in [-0.3, -0.25) is 4.79 Å². The summed E-state index contributed by atoms with van der Waals surface area (Å²) < 4.78 is 53.5. The van der Waals surface area contributed by atoms with Gasteiger partial charge in [-0.2, -0.15) is 8.78 Å². The van der Waals surface area contributed by atoms with Gasteiger partial charge >= 0.3 is 18.3 Å². The molecule has 19 heavy (non-hydrogen) atoms. The molecule has 0 aliphatic carbocycles. The zero-order valence-corrected chi connectivity index (χ0v) is 10.1. The number of halogens is 5. The van der Waals surface area contributed by atoms with Crippen molar-refractivity contribution in [1.82, 2.24) is 0 Å². The van der Waals surface area contributed by atoms with Gasteiger partial charge in [0.15, 0.2) is 6.61 Å². The second kappa shape index (κ2) is 6.10. The second-order valence-corrected chi connectivity index (χ2v) is 4.09. The fraction of sp³-hybridized carbons (Fsp3) is 0.364. The smallest absolute Gasteiger partial charge is 0.340 e. The maximum absolute atomic E-state index is 12.6. The first-order valence-electron chi connectivity index (χ1n) is 5.01. The Morgan fingerprint density at radius 3 is 2.53 bits per heavy atom. The standard InChI is InChI=1S/C11H9ClF4O3/c12-7-3-6(4-9(17)18)1-2-8(7)19-5-11(15,16)10(13)14/h1-3,10H,4-5H2,(H,17,18). The molecule has 1 aromatic rings. The third-order valence-electron chi connectivity index (χ3n) is 2.09. The lowest BCUT2D eigenvalue weighted by molar-refractivity contribution is -0.148. The summed E-state index contributed by atoms with van der Waals surface area (Å²) in [5.41, 5.74) is 0.338. The summed E-state index contributed by atoms with van der Waals surface area (Å²) in [6, 6.07) is 3.67. The Balaban J connectivity index is 2.73. The average Bonchev–Trinajstić information content (AvgIpc) is 2.26. The van der Waals surface area contributed by atoms with E-state index in [9.17, 15) is 22.4 Å². The molecule has 0 radical (unpaired) electrons. The molecule has 0 bridgehead atoms. The second-order valence-electron chi connectivity index (χ2n) is 3.69. The zero-order chi connectivity index (χ0) is 14.6. The van der Waals surface area contributed by atoms with Gasteiger partial charge in [0.1, 0.15) is 5.75 Å². The van der Waals surface area contributed by atoms with Gasteiger partial charge < -0.3 is 9.84 Å². The first-order valence-corrected chi connectivity index (χ1v) is 5.39. The van der Waals surface area contributed by atoms with Crippen LogP contribution in [0.15, 0.2) is 18.2 Å². The summed E-state index contributed by atoms with van der Waals surface area (Å²) in [5, 5.41) is 8.42. The third-order valence-corrected chi connectivity index (χ3v) is 2.39. The van der Waals surface area contributed by atoms with E-state index < -0.39 is 24.9 Å². The Bertz CT molecular complexity index is 465. The van der Waals surface area contributed by atoms with E-state index in [-0.39, 0.29) is 17.2 Å². The van der Waals surface area contributed by atoms with Gasteiger partial charge in [-0.05, 0) is 17.7 Å². The van der Waals surface area contributed by atoms with Gasteiger partial charge in [0, 0.05) is 0 Å². The van der Waals surface area contributed by atoms with Crippen LogP contribution >= 0.6 is 11.6 Å². The Hall–Kier alpha value is -1.50. The molecule has 0 atom stereocenters. The molecule has 0 aromatic heterocycles. The topological polar surface area (TPSA) is 46.5 Å².